The lowest BCUT2D eigenvalue weighted by atomic mass is 9.92. The molecule has 0 radical (unpaired) electrons. The second-order valence-corrected chi connectivity index (χ2v) is 11.5. The molecular weight excluding hydrogens is 584 g/mol. The van der Waals surface area contributed by atoms with E-state index in [1.54, 1.807) is 42.5 Å². The first-order valence-corrected chi connectivity index (χ1v) is 16.2. The van der Waals surface area contributed by atoms with Crippen LogP contribution in [0.2, 0.25) is 0 Å². The first-order valence-electron chi connectivity index (χ1n) is 16.2. The highest BCUT2D eigenvalue weighted by atomic mass is 16.6. The summed E-state index contributed by atoms with van der Waals surface area (Å²) in [6, 6.07) is 21.6. The van der Waals surface area contributed by atoms with Crippen LogP contribution in [0.25, 0.3) is 11.1 Å². The van der Waals surface area contributed by atoms with Crippen LogP contribution in [0.1, 0.15) is 87.1 Å². The molecule has 244 valence electrons. The van der Waals surface area contributed by atoms with Gasteiger partial charge in [-0.3, -0.25) is 0 Å². The Kier molecular flexibility index (Phi) is 13.0. The topological polar surface area (TPSA) is 112 Å². The Morgan fingerprint density at radius 2 is 1.52 bits per heavy atom. The molecule has 4 rings (SSSR count). The summed E-state index contributed by atoms with van der Waals surface area (Å²) >= 11 is 0. The van der Waals surface area contributed by atoms with Crippen molar-refractivity contribution >= 4 is 17.9 Å². The van der Waals surface area contributed by atoms with E-state index in [0.29, 0.717) is 42.3 Å². The molecule has 0 saturated carbocycles. The van der Waals surface area contributed by atoms with Crippen molar-refractivity contribution in [3.63, 3.8) is 0 Å². The van der Waals surface area contributed by atoms with Gasteiger partial charge in [0.05, 0.1) is 13.2 Å². The quantitative estimate of drug-likeness (QED) is 0.0437. The summed E-state index contributed by atoms with van der Waals surface area (Å²) in [6.07, 6.45) is 10.8. The number of para-hydroxylation sites is 1. The number of esters is 2. The van der Waals surface area contributed by atoms with Gasteiger partial charge < -0.3 is 24.1 Å². The van der Waals surface area contributed by atoms with Crippen molar-refractivity contribution in [2.24, 2.45) is 0 Å². The van der Waals surface area contributed by atoms with Crippen molar-refractivity contribution in [1.29, 1.82) is 0 Å². The summed E-state index contributed by atoms with van der Waals surface area (Å²) in [5.74, 6) is -0.946. The molecule has 46 heavy (non-hydrogen) atoms. The second kappa shape index (κ2) is 17.3. The van der Waals surface area contributed by atoms with Crippen LogP contribution in [0, 0.1) is 0 Å². The number of rotatable bonds is 20. The van der Waals surface area contributed by atoms with Crippen LogP contribution in [-0.4, -0.2) is 42.3 Å². The molecule has 2 atom stereocenters. The smallest absolute Gasteiger partial charge is 0.347 e. The molecule has 1 N–H and O–H groups in total. The van der Waals surface area contributed by atoms with Crippen LogP contribution >= 0.6 is 0 Å². The number of carboxylic acid groups (broad SMARTS) is 1. The summed E-state index contributed by atoms with van der Waals surface area (Å²) in [7, 11) is 0. The van der Waals surface area contributed by atoms with E-state index in [2.05, 4.69) is 6.58 Å². The Morgan fingerprint density at radius 1 is 0.848 bits per heavy atom. The minimum Gasteiger partial charge on any atom is -0.493 e. The number of hydrogen-bond acceptors (Lipinski definition) is 7. The summed E-state index contributed by atoms with van der Waals surface area (Å²) in [6.45, 7) is 6.35. The number of carboxylic acids is 1. The van der Waals surface area contributed by atoms with Crippen LogP contribution < -0.4 is 9.47 Å². The highest BCUT2D eigenvalue weighted by molar-refractivity contribution is 5.94. The molecule has 0 bridgehead atoms. The first kappa shape index (κ1) is 34.4. The molecule has 1 fully saturated rings. The molecule has 1 aliphatic rings. The van der Waals surface area contributed by atoms with E-state index in [1.807, 2.05) is 37.3 Å². The van der Waals surface area contributed by atoms with Gasteiger partial charge in [0.25, 0.3) is 0 Å². The van der Waals surface area contributed by atoms with Gasteiger partial charge >= 0.3 is 17.9 Å². The van der Waals surface area contributed by atoms with Crippen molar-refractivity contribution in [1.82, 2.24) is 0 Å². The summed E-state index contributed by atoms with van der Waals surface area (Å²) < 4.78 is 22.3. The zero-order valence-corrected chi connectivity index (χ0v) is 26.6. The Hall–Kier alpha value is -4.43. The molecule has 0 aliphatic carbocycles. The van der Waals surface area contributed by atoms with Gasteiger partial charge in [-0.05, 0) is 60.2 Å². The summed E-state index contributed by atoms with van der Waals surface area (Å²) in [5.41, 5.74) is 1.42. The zero-order chi connectivity index (χ0) is 32.8. The van der Waals surface area contributed by atoms with Gasteiger partial charge in [-0.2, -0.15) is 0 Å². The van der Waals surface area contributed by atoms with Crippen molar-refractivity contribution in [2.45, 2.75) is 82.8 Å². The third kappa shape index (κ3) is 9.30. The molecule has 1 aliphatic heterocycles. The predicted octanol–water partition coefficient (Wildman–Crippen LogP) is 8.28. The number of unbranched alkanes of at least 4 members (excludes halogenated alkanes) is 7. The normalized spacial score (nSPS) is 16.8. The Morgan fingerprint density at radius 3 is 2.20 bits per heavy atom. The Balaban J connectivity index is 1.23. The van der Waals surface area contributed by atoms with Gasteiger partial charge in [-0.25, -0.2) is 14.4 Å². The zero-order valence-electron chi connectivity index (χ0n) is 26.6. The number of benzene rings is 3. The lowest BCUT2D eigenvalue weighted by Crippen LogP contribution is -2.24. The van der Waals surface area contributed by atoms with Crippen LogP contribution in [0.15, 0.2) is 85.5 Å². The van der Waals surface area contributed by atoms with Crippen LogP contribution in [-0.2, 0) is 24.7 Å². The number of hydrogen-bond donors (Lipinski definition) is 1. The number of carbonyl (C=O) groups is 3. The largest absolute Gasteiger partial charge is 0.493 e. The highest BCUT2D eigenvalue weighted by Crippen LogP contribution is 2.49. The van der Waals surface area contributed by atoms with Crippen molar-refractivity contribution in [3.8, 4) is 22.6 Å². The van der Waals surface area contributed by atoms with Gasteiger partial charge in [0, 0.05) is 6.08 Å². The fourth-order valence-electron chi connectivity index (χ4n) is 5.53. The summed E-state index contributed by atoms with van der Waals surface area (Å²) in [5, 5.41) is 9.83. The summed E-state index contributed by atoms with van der Waals surface area (Å²) in [4.78, 5) is 36.2. The van der Waals surface area contributed by atoms with E-state index in [4.69, 9.17) is 18.9 Å². The standard InChI is InChI=1S/C38H44O8/c1-3-16-34-38(46-34,37(41)42)30-23-21-28(22-24-30)29-17-15-18-31(27-29)45-36(40)32-19-11-12-20-33(32)43-25-13-9-7-5-6-8-10-14-26-44-35(39)4-2/h4,11-12,15,17-24,27,34H,2-3,5-10,13-14,16,25-26H2,1H3,(H,41,42)/t34-,38+/m0/s1. The van der Waals surface area contributed by atoms with Crippen molar-refractivity contribution < 1.29 is 38.4 Å². The molecule has 0 spiro atoms. The molecule has 3 aromatic rings. The molecule has 1 saturated heterocycles. The van der Waals surface area contributed by atoms with Crippen molar-refractivity contribution in [2.75, 3.05) is 13.2 Å². The first-order chi connectivity index (χ1) is 22.4. The molecule has 0 amide bonds. The molecule has 8 nitrogen and oxygen atoms in total. The molecule has 0 unspecified atom stereocenters. The third-order valence-electron chi connectivity index (χ3n) is 8.10. The number of carbonyl (C=O) groups excluding carboxylic acids is 2. The number of ether oxygens (including phenoxy) is 4. The Bertz CT molecular complexity index is 1460. The van der Waals surface area contributed by atoms with Gasteiger partial charge in [0.1, 0.15) is 23.2 Å². The predicted molar refractivity (Wildman–Crippen MR) is 176 cm³/mol. The monoisotopic (exact) mass is 628 g/mol. The molecule has 0 aromatic heterocycles. The number of aliphatic carboxylic acids is 1. The van der Waals surface area contributed by atoms with Gasteiger partial charge in [0.2, 0.25) is 5.60 Å². The van der Waals surface area contributed by atoms with E-state index in [-0.39, 0.29) is 12.1 Å². The van der Waals surface area contributed by atoms with E-state index in [9.17, 15) is 19.5 Å². The van der Waals surface area contributed by atoms with Gasteiger partial charge in [-0.1, -0.05) is 107 Å². The van der Waals surface area contributed by atoms with Crippen molar-refractivity contribution in [3.05, 3.63) is 96.6 Å². The maximum Gasteiger partial charge on any atom is 0.347 e. The lowest BCUT2D eigenvalue weighted by Gasteiger charge is -2.12. The lowest BCUT2D eigenvalue weighted by molar-refractivity contribution is -0.143. The van der Waals surface area contributed by atoms with E-state index >= 15 is 0 Å². The fourth-order valence-corrected chi connectivity index (χ4v) is 5.53. The Labute approximate surface area is 271 Å². The van der Waals surface area contributed by atoms with Crippen LogP contribution in [0.4, 0.5) is 0 Å². The molecule has 3 aromatic carbocycles. The fraction of sp³-hybridized carbons (Fsp3) is 0.395. The second-order valence-electron chi connectivity index (χ2n) is 11.5. The molecule has 1 heterocycles. The maximum absolute atomic E-state index is 13.1. The van der Waals surface area contributed by atoms with E-state index in [1.165, 1.54) is 6.08 Å². The van der Waals surface area contributed by atoms with E-state index < -0.39 is 17.5 Å². The minimum absolute atomic E-state index is 0.314. The van der Waals surface area contributed by atoms with Crippen LogP contribution in [0.3, 0.4) is 0 Å². The average molecular weight is 629 g/mol. The minimum atomic E-state index is -1.27. The van der Waals surface area contributed by atoms with E-state index in [0.717, 1.165) is 68.9 Å². The highest BCUT2D eigenvalue weighted by Gasteiger charge is 2.63. The maximum atomic E-state index is 13.1. The molecular formula is C38H44O8. The average Bonchev–Trinajstić information content (AvgIpc) is 3.81. The van der Waals surface area contributed by atoms with Crippen LogP contribution in [0.5, 0.6) is 11.5 Å². The van der Waals surface area contributed by atoms with Gasteiger partial charge in [0.15, 0.2) is 0 Å². The molecule has 8 heteroatoms. The SMILES string of the molecule is C=CC(=O)OCCCCCCCCCCOc1ccccc1C(=O)Oc1cccc(-c2ccc([C@@]3(C(=O)O)O[C@H]3CCC)cc2)c1. The number of epoxide rings is 1. The van der Waals surface area contributed by atoms with Gasteiger partial charge in [-0.15, -0.1) is 0 Å². The third-order valence-corrected chi connectivity index (χ3v) is 8.10.